The summed E-state index contributed by atoms with van der Waals surface area (Å²) in [6.07, 6.45) is 3.38. The highest BCUT2D eigenvalue weighted by Gasteiger charge is 2.24. The van der Waals surface area contributed by atoms with Gasteiger partial charge in [0.15, 0.2) is 0 Å². The lowest BCUT2D eigenvalue weighted by Gasteiger charge is -2.20. The summed E-state index contributed by atoms with van der Waals surface area (Å²) in [4.78, 5) is 0. The lowest BCUT2D eigenvalue weighted by molar-refractivity contribution is 0.545. The summed E-state index contributed by atoms with van der Waals surface area (Å²) < 4.78 is 26.9. The Kier molecular flexibility index (Phi) is 3.47. The van der Waals surface area contributed by atoms with Crippen molar-refractivity contribution >= 4 is 21.6 Å². The number of anilines is 1. The number of nitrogens with one attached hydrogen (secondary N) is 1. The van der Waals surface area contributed by atoms with Crippen LogP contribution >= 0.6 is 15.9 Å². The fourth-order valence-corrected chi connectivity index (χ4v) is 2.75. The Bertz CT molecular complexity index is 372. The van der Waals surface area contributed by atoms with Gasteiger partial charge in [-0.25, -0.2) is 8.78 Å². The molecule has 0 saturated heterocycles. The molecule has 0 amide bonds. The van der Waals surface area contributed by atoms with E-state index in [1.54, 1.807) is 0 Å². The molecule has 1 nitrogen and oxygen atoms in total. The summed E-state index contributed by atoms with van der Waals surface area (Å²) in [6, 6.07) is 2.48. The Morgan fingerprint density at radius 2 is 2.06 bits per heavy atom. The van der Waals surface area contributed by atoms with Crippen molar-refractivity contribution in [2.75, 3.05) is 5.32 Å². The van der Waals surface area contributed by atoms with E-state index >= 15 is 0 Å². The van der Waals surface area contributed by atoms with Crippen molar-refractivity contribution in [1.82, 2.24) is 0 Å². The molecule has 2 unspecified atom stereocenters. The van der Waals surface area contributed by atoms with Crippen LogP contribution < -0.4 is 5.32 Å². The summed E-state index contributed by atoms with van der Waals surface area (Å²) in [7, 11) is 0. The fraction of sp³-hybridized carbons (Fsp3) is 0.500. The van der Waals surface area contributed by atoms with E-state index in [1.165, 1.54) is 12.5 Å². The van der Waals surface area contributed by atoms with E-state index in [-0.39, 0.29) is 6.04 Å². The topological polar surface area (TPSA) is 12.0 Å². The van der Waals surface area contributed by atoms with Gasteiger partial charge in [-0.05, 0) is 40.8 Å². The second-order valence-corrected chi connectivity index (χ2v) is 5.26. The van der Waals surface area contributed by atoms with E-state index in [0.29, 0.717) is 16.1 Å². The molecule has 0 heterocycles. The smallest absolute Gasteiger partial charge is 0.150 e. The van der Waals surface area contributed by atoms with Crippen molar-refractivity contribution in [3.05, 3.63) is 28.2 Å². The summed E-state index contributed by atoms with van der Waals surface area (Å²) in [6.45, 7) is 2.15. The number of hydrogen-bond acceptors (Lipinski definition) is 1. The number of halogens is 3. The normalized spacial score (nSPS) is 24.8. The predicted molar refractivity (Wildman–Crippen MR) is 64.5 cm³/mol. The van der Waals surface area contributed by atoms with Gasteiger partial charge in [-0.2, -0.15) is 0 Å². The van der Waals surface area contributed by atoms with Crippen LogP contribution in [0.15, 0.2) is 16.6 Å². The van der Waals surface area contributed by atoms with Crippen molar-refractivity contribution in [3.8, 4) is 0 Å². The number of rotatable bonds is 2. The monoisotopic (exact) mass is 289 g/mol. The Labute approximate surface area is 102 Å². The maximum absolute atomic E-state index is 13.6. The molecule has 2 rings (SSSR count). The molecule has 0 radical (unpaired) electrons. The van der Waals surface area contributed by atoms with E-state index in [9.17, 15) is 8.78 Å². The molecular formula is C12H14BrF2N. The third-order valence-electron chi connectivity index (χ3n) is 3.20. The Balaban J connectivity index is 2.21. The van der Waals surface area contributed by atoms with E-state index in [1.807, 2.05) is 0 Å². The zero-order chi connectivity index (χ0) is 11.7. The Morgan fingerprint density at radius 3 is 2.62 bits per heavy atom. The highest BCUT2D eigenvalue weighted by atomic mass is 79.9. The molecule has 1 aliphatic rings. The highest BCUT2D eigenvalue weighted by Crippen LogP contribution is 2.32. The standard InChI is InChI=1S/C12H14BrF2N/c1-7-3-2-4-11(7)16-12-9(13)5-8(14)6-10(12)15/h5-7,11,16H,2-4H2,1H3. The molecule has 1 aromatic carbocycles. The third-order valence-corrected chi connectivity index (χ3v) is 3.82. The molecule has 1 aliphatic carbocycles. The average molecular weight is 290 g/mol. The van der Waals surface area contributed by atoms with Crippen LogP contribution in [0, 0.1) is 17.6 Å². The molecule has 1 N–H and O–H groups in total. The molecule has 0 aromatic heterocycles. The molecule has 4 heteroatoms. The van der Waals surface area contributed by atoms with Gasteiger partial charge >= 0.3 is 0 Å². The van der Waals surface area contributed by atoms with Crippen LogP contribution in [-0.2, 0) is 0 Å². The maximum Gasteiger partial charge on any atom is 0.150 e. The van der Waals surface area contributed by atoms with Crippen LogP contribution in [0.2, 0.25) is 0 Å². The van der Waals surface area contributed by atoms with Gasteiger partial charge in [0.1, 0.15) is 11.6 Å². The van der Waals surface area contributed by atoms with Crippen molar-refractivity contribution in [3.63, 3.8) is 0 Å². The number of benzene rings is 1. The minimum absolute atomic E-state index is 0.288. The Morgan fingerprint density at radius 1 is 1.31 bits per heavy atom. The molecule has 16 heavy (non-hydrogen) atoms. The minimum Gasteiger partial charge on any atom is -0.379 e. The van der Waals surface area contributed by atoms with Gasteiger partial charge < -0.3 is 5.32 Å². The molecule has 1 fully saturated rings. The second kappa shape index (κ2) is 4.70. The predicted octanol–water partition coefficient (Wildman–Crippen LogP) is 4.33. The molecule has 2 atom stereocenters. The van der Waals surface area contributed by atoms with Crippen LogP contribution in [0.3, 0.4) is 0 Å². The zero-order valence-electron chi connectivity index (χ0n) is 9.06. The summed E-state index contributed by atoms with van der Waals surface area (Å²) in [5.74, 6) is -0.559. The minimum atomic E-state index is -0.561. The lowest BCUT2D eigenvalue weighted by atomic mass is 10.1. The average Bonchev–Trinajstić information content (AvgIpc) is 2.57. The summed E-state index contributed by atoms with van der Waals surface area (Å²) >= 11 is 3.18. The van der Waals surface area contributed by atoms with Gasteiger partial charge in [0.2, 0.25) is 0 Å². The van der Waals surface area contributed by atoms with Crippen molar-refractivity contribution in [1.29, 1.82) is 0 Å². The van der Waals surface area contributed by atoms with Gasteiger partial charge in [-0.1, -0.05) is 13.3 Å². The second-order valence-electron chi connectivity index (χ2n) is 4.40. The van der Waals surface area contributed by atoms with E-state index in [4.69, 9.17) is 0 Å². The van der Waals surface area contributed by atoms with Crippen molar-refractivity contribution in [2.45, 2.75) is 32.2 Å². The summed E-state index contributed by atoms with van der Waals surface area (Å²) in [5, 5.41) is 3.17. The highest BCUT2D eigenvalue weighted by molar-refractivity contribution is 9.10. The molecule has 1 saturated carbocycles. The van der Waals surface area contributed by atoms with Gasteiger partial charge in [-0.15, -0.1) is 0 Å². The van der Waals surface area contributed by atoms with Crippen LogP contribution in [0.25, 0.3) is 0 Å². The van der Waals surface area contributed by atoms with Crippen LogP contribution in [0.1, 0.15) is 26.2 Å². The SMILES string of the molecule is CC1CCCC1Nc1c(F)cc(F)cc1Br. The van der Waals surface area contributed by atoms with Crippen molar-refractivity contribution < 1.29 is 8.78 Å². The molecule has 0 bridgehead atoms. The van der Waals surface area contributed by atoms with Crippen LogP contribution in [-0.4, -0.2) is 6.04 Å². The number of hydrogen-bond donors (Lipinski definition) is 1. The first-order chi connectivity index (χ1) is 7.58. The fourth-order valence-electron chi connectivity index (χ4n) is 2.23. The first kappa shape index (κ1) is 11.8. The van der Waals surface area contributed by atoms with Gasteiger partial charge in [0, 0.05) is 16.6 Å². The molecule has 0 aliphatic heterocycles. The molecular weight excluding hydrogens is 276 g/mol. The lowest BCUT2D eigenvalue weighted by Crippen LogP contribution is -2.22. The third kappa shape index (κ3) is 2.37. The molecule has 1 aromatic rings. The first-order valence-electron chi connectivity index (χ1n) is 5.49. The van der Waals surface area contributed by atoms with Gasteiger partial charge in [0.05, 0.1) is 5.69 Å². The largest absolute Gasteiger partial charge is 0.379 e. The van der Waals surface area contributed by atoms with Gasteiger partial charge in [0.25, 0.3) is 0 Å². The Hall–Kier alpha value is -0.640. The van der Waals surface area contributed by atoms with Crippen LogP contribution in [0.4, 0.5) is 14.5 Å². The van der Waals surface area contributed by atoms with E-state index < -0.39 is 11.6 Å². The quantitative estimate of drug-likeness (QED) is 0.855. The molecule has 88 valence electrons. The van der Waals surface area contributed by atoms with Crippen LogP contribution in [0.5, 0.6) is 0 Å². The maximum atomic E-state index is 13.6. The zero-order valence-corrected chi connectivity index (χ0v) is 10.7. The first-order valence-corrected chi connectivity index (χ1v) is 6.28. The van der Waals surface area contributed by atoms with Crippen molar-refractivity contribution in [2.24, 2.45) is 5.92 Å². The summed E-state index contributed by atoms with van der Waals surface area (Å²) in [5.41, 5.74) is 0.375. The van der Waals surface area contributed by atoms with E-state index in [2.05, 4.69) is 28.2 Å². The molecule has 0 spiro atoms. The van der Waals surface area contributed by atoms with Gasteiger partial charge in [-0.3, -0.25) is 0 Å². The van der Waals surface area contributed by atoms with E-state index in [0.717, 1.165) is 18.9 Å².